The maximum Gasteiger partial charge on any atom is 0.319 e. The molecule has 4 N–H and O–H groups in total. The smallest absolute Gasteiger partial charge is 0.319 e. The summed E-state index contributed by atoms with van der Waals surface area (Å²) in [6.07, 6.45) is 5.33. The number of nitrogens with zero attached hydrogens (tertiary/aromatic N) is 5. The van der Waals surface area contributed by atoms with E-state index in [4.69, 9.17) is 32.8 Å². The molecule has 6 rings (SSSR count). The van der Waals surface area contributed by atoms with Gasteiger partial charge < -0.3 is 21.1 Å². The molecule has 10 heteroatoms. The molecule has 2 aromatic carbocycles. The summed E-state index contributed by atoms with van der Waals surface area (Å²) in [5.74, 6) is 1.31. The predicted molar refractivity (Wildman–Crippen MR) is 144 cm³/mol. The van der Waals surface area contributed by atoms with Crippen molar-refractivity contribution >= 4 is 45.1 Å². The lowest BCUT2D eigenvalue weighted by Gasteiger charge is -2.33. The molecule has 190 valence electrons. The molecule has 2 unspecified atom stereocenters. The first-order chi connectivity index (χ1) is 18.0. The van der Waals surface area contributed by atoms with Gasteiger partial charge in [-0.15, -0.1) is 0 Å². The Morgan fingerprint density at radius 2 is 1.86 bits per heavy atom. The van der Waals surface area contributed by atoms with Crippen LogP contribution in [0.1, 0.15) is 19.3 Å². The lowest BCUT2D eigenvalue weighted by atomic mass is 9.98. The van der Waals surface area contributed by atoms with Crippen LogP contribution in [0.2, 0.25) is 5.02 Å². The Hall–Kier alpha value is -3.72. The van der Waals surface area contributed by atoms with E-state index in [1.807, 2.05) is 30.3 Å². The van der Waals surface area contributed by atoms with Gasteiger partial charge in [-0.25, -0.2) is 4.39 Å². The van der Waals surface area contributed by atoms with Crippen molar-refractivity contribution in [2.24, 2.45) is 28.3 Å². The molecule has 1 saturated carbocycles. The normalized spacial score (nSPS) is 18.9. The Labute approximate surface area is 218 Å². The SMILES string of the molecule is NC(N)=NCCOc1nc(N2CC3CCC(C3)C2)c2cnc(-c3cccc4cccc(Cl)c34)c(F)c2n1. The van der Waals surface area contributed by atoms with Crippen LogP contribution in [-0.2, 0) is 0 Å². The van der Waals surface area contributed by atoms with Gasteiger partial charge in [0, 0.05) is 35.3 Å². The van der Waals surface area contributed by atoms with Crippen molar-refractivity contribution in [3.8, 4) is 17.3 Å². The predicted octanol–water partition coefficient (Wildman–Crippen LogP) is 4.53. The zero-order valence-corrected chi connectivity index (χ0v) is 21.0. The number of anilines is 1. The fourth-order valence-corrected chi connectivity index (χ4v) is 5.98. The van der Waals surface area contributed by atoms with Crippen LogP contribution >= 0.6 is 11.6 Å². The number of piperidine rings is 1. The fraction of sp³-hybridized carbons (Fsp3) is 0.333. The fourth-order valence-electron chi connectivity index (χ4n) is 5.70. The average Bonchev–Trinajstić information content (AvgIpc) is 3.23. The van der Waals surface area contributed by atoms with Crippen LogP contribution in [0.3, 0.4) is 0 Å². The summed E-state index contributed by atoms with van der Waals surface area (Å²) >= 11 is 6.53. The highest BCUT2D eigenvalue weighted by Crippen LogP contribution is 2.41. The van der Waals surface area contributed by atoms with Gasteiger partial charge in [0.25, 0.3) is 0 Å². The highest BCUT2D eigenvalue weighted by atomic mass is 35.5. The molecule has 1 aliphatic heterocycles. The van der Waals surface area contributed by atoms with Gasteiger partial charge in [-0.3, -0.25) is 9.98 Å². The van der Waals surface area contributed by atoms with Crippen molar-refractivity contribution in [3.05, 3.63) is 53.4 Å². The van der Waals surface area contributed by atoms with E-state index in [9.17, 15) is 0 Å². The van der Waals surface area contributed by atoms with Gasteiger partial charge in [0.1, 0.15) is 23.6 Å². The largest absolute Gasteiger partial charge is 0.461 e. The Balaban J connectivity index is 1.48. The molecule has 2 aliphatic rings. The summed E-state index contributed by atoms with van der Waals surface area (Å²) < 4.78 is 22.1. The number of halogens is 2. The minimum absolute atomic E-state index is 0.0250. The first kappa shape index (κ1) is 23.7. The van der Waals surface area contributed by atoms with E-state index < -0.39 is 5.82 Å². The molecular weight excluding hydrogens is 493 g/mol. The molecule has 2 aromatic heterocycles. The number of aliphatic imine (C=N–C) groups is 1. The van der Waals surface area contributed by atoms with Gasteiger partial charge >= 0.3 is 6.01 Å². The second kappa shape index (κ2) is 9.63. The summed E-state index contributed by atoms with van der Waals surface area (Å²) in [7, 11) is 0. The third kappa shape index (κ3) is 4.48. The van der Waals surface area contributed by atoms with Gasteiger partial charge in [0.05, 0.1) is 11.9 Å². The first-order valence-electron chi connectivity index (χ1n) is 12.4. The van der Waals surface area contributed by atoms with E-state index in [0.29, 0.717) is 33.6 Å². The molecule has 2 bridgehead atoms. The van der Waals surface area contributed by atoms with Crippen molar-refractivity contribution < 1.29 is 9.13 Å². The molecule has 2 fully saturated rings. The summed E-state index contributed by atoms with van der Waals surface area (Å²) in [6.45, 7) is 2.15. The van der Waals surface area contributed by atoms with Crippen LogP contribution in [0, 0.1) is 17.7 Å². The third-order valence-corrected chi connectivity index (χ3v) is 7.59. The van der Waals surface area contributed by atoms with Gasteiger partial charge in [0.2, 0.25) is 0 Å². The number of hydrogen-bond donors (Lipinski definition) is 2. The molecule has 1 saturated heterocycles. The first-order valence-corrected chi connectivity index (χ1v) is 12.8. The number of fused-ring (bicyclic) bond motifs is 4. The highest BCUT2D eigenvalue weighted by molar-refractivity contribution is 6.36. The van der Waals surface area contributed by atoms with Gasteiger partial charge in [0.15, 0.2) is 11.8 Å². The lowest BCUT2D eigenvalue weighted by Crippen LogP contribution is -2.37. The van der Waals surface area contributed by atoms with E-state index in [-0.39, 0.29) is 36.3 Å². The van der Waals surface area contributed by atoms with Gasteiger partial charge in [-0.1, -0.05) is 41.9 Å². The second-order valence-corrected chi connectivity index (χ2v) is 10.2. The zero-order chi connectivity index (χ0) is 25.5. The summed E-state index contributed by atoms with van der Waals surface area (Å²) in [5.41, 5.74) is 11.8. The van der Waals surface area contributed by atoms with Gasteiger partial charge in [-0.05, 0) is 42.6 Å². The monoisotopic (exact) mass is 519 g/mol. The highest BCUT2D eigenvalue weighted by Gasteiger charge is 2.34. The van der Waals surface area contributed by atoms with E-state index >= 15 is 4.39 Å². The van der Waals surface area contributed by atoms with Crippen LogP contribution in [0.5, 0.6) is 6.01 Å². The molecule has 0 spiro atoms. The van der Waals surface area contributed by atoms with Gasteiger partial charge in [-0.2, -0.15) is 9.97 Å². The van der Waals surface area contributed by atoms with Crippen molar-refractivity contribution in [1.82, 2.24) is 15.0 Å². The molecule has 3 heterocycles. The van der Waals surface area contributed by atoms with E-state index in [2.05, 4.69) is 19.9 Å². The van der Waals surface area contributed by atoms with Crippen LogP contribution < -0.4 is 21.1 Å². The van der Waals surface area contributed by atoms with Crippen LogP contribution in [0.4, 0.5) is 10.2 Å². The van der Waals surface area contributed by atoms with Crippen molar-refractivity contribution in [1.29, 1.82) is 0 Å². The maximum absolute atomic E-state index is 16.3. The van der Waals surface area contributed by atoms with E-state index in [0.717, 1.165) is 23.9 Å². The second-order valence-electron chi connectivity index (χ2n) is 9.76. The number of guanidine groups is 1. The zero-order valence-electron chi connectivity index (χ0n) is 20.2. The molecule has 1 aliphatic carbocycles. The number of pyridine rings is 1. The average molecular weight is 520 g/mol. The number of rotatable bonds is 6. The number of aromatic nitrogens is 3. The van der Waals surface area contributed by atoms with Crippen molar-refractivity contribution in [2.75, 3.05) is 31.1 Å². The quantitative estimate of drug-likeness (QED) is 0.218. The maximum atomic E-state index is 16.3. The third-order valence-electron chi connectivity index (χ3n) is 7.28. The minimum atomic E-state index is -0.539. The molecule has 0 amide bonds. The van der Waals surface area contributed by atoms with Crippen molar-refractivity contribution in [2.45, 2.75) is 19.3 Å². The number of ether oxygens (including phenoxy) is 1. The summed E-state index contributed by atoms with van der Waals surface area (Å²) in [5, 5.41) is 2.74. The lowest BCUT2D eigenvalue weighted by molar-refractivity contribution is 0.303. The van der Waals surface area contributed by atoms with E-state index in [1.54, 1.807) is 12.3 Å². The Kier molecular flexibility index (Phi) is 6.16. The minimum Gasteiger partial charge on any atom is -0.461 e. The Morgan fingerprint density at radius 1 is 1.11 bits per heavy atom. The summed E-state index contributed by atoms with van der Waals surface area (Å²) in [6, 6.07) is 11.3. The number of hydrogen-bond acceptors (Lipinski definition) is 6. The molecule has 8 nitrogen and oxygen atoms in total. The Morgan fingerprint density at radius 3 is 2.62 bits per heavy atom. The van der Waals surface area contributed by atoms with Crippen LogP contribution in [0.25, 0.3) is 32.9 Å². The standard InChI is InChI=1S/C27H27ClFN7O/c28-20-6-2-4-17-3-1-5-18(21(17)20)23-22(29)24-19(12-33-23)25(36-13-15-7-8-16(11-15)14-36)35-27(34-24)37-10-9-32-26(30)31/h1-6,12,15-16H,7-11,13-14H2,(H4,30,31,32). The topological polar surface area (TPSA) is 116 Å². The van der Waals surface area contributed by atoms with Crippen LogP contribution in [-0.4, -0.2) is 47.2 Å². The molecule has 2 atom stereocenters. The van der Waals surface area contributed by atoms with E-state index in [1.165, 1.54) is 19.3 Å². The Bertz CT molecular complexity index is 1510. The molecule has 4 aromatic rings. The molecule has 37 heavy (non-hydrogen) atoms. The van der Waals surface area contributed by atoms with Crippen LogP contribution in [0.15, 0.2) is 47.6 Å². The van der Waals surface area contributed by atoms with Crippen molar-refractivity contribution in [3.63, 3.8) is 0 Å². The number of benzene rings is 2. The number of nitrogens with two attached hydrogens (primary N) is 2. The molecular formula is C27H27ClFN7O. The summed E-state index contributed by atoms with van der Waals surface area (Å²) in [4.78, 5) is 19.9. The molecule has 0 radical (unpaired) electrons.